The van der Waals surface area contributed by atoms with Gasteiger partial charge in [0.25, 0.3) is 5.91 Å². The van der Waals surface area contributed by atoms with E-state index in [1.54, 1.807) is 21.9 Å². The van der Waals surface area contributed by atoms with Gasteiger partial charge in [-0.25, -0.2) is 4.79 Å². The fourth-order valence-corrected chi connectivity index (χ4v) is 2.77. The SMILES string of the molecule is C[C@H]1CN(C(=O)c2ccc(Br)cc2)CCN1C(=O)OC(C)(C)C. The molecular weight excluding hydrogens is 360 g/mol. The fourth-order valence-electron chi connectivity index (χ4n) is 2.51. The van der Waals surface area contributed by atoms with Gasteiger partial charge in [-0.2, -0.15) is 0 Å². The second-order valence-electron chi connectivity index (χ2n) is 6.78. The summed E-state index contributed by atoms with van der Waals surface area (Å²) < 4.78 is 6.36. The first-order valence-electron chi connectivity index (χ1n) is 7.72. The van der Waals surface area contributed by atoms with E-state index in [4.69, 9.17) is 4.74 Å². The highest BCUT2D eigenvalue weighted by Crippen LogP contribution is 2.18. The lowest BCUT2D eigenvalue weighted by Gasteiger charge is -2.40. The van der Waals surface area contributed by atoms with Crippen molar-refractivity contribution >= 4 is 27.9 Å². The standard InChI is InChI=1S/C17H23BrN2O3/c1-12-11-19(15(21)13-5-7-14(18)8-6-13)9-10-20(12)16(22)23-17(2,3)4/h5-8,12H,9-11H2,1-4H3/t12-/m0/s1. The summed E-state index contributed by atoms with van der Waals surface area (Å²) in [7, 11) is 0. The maximum absolute atomic E-state index is 12.5. The lowest BCUT2D eigenvalue weighted by molar-refractivity contribution is 0.00198. The van der Waals surface area contributed by atoms with E-state index >= 15 is 0 Å². The maximum Gasteiger partial charge on any atom is 0.410 e. The Hall–Kier alpha value is -1.56. The van der Waals surface area contributed by atoms with Crippen LogP contribution >= 0.6 is 15.9 Å². The largest absolute Gasteiger partial charge is 0.444 e. The van der Waals surface area contributed by atoms with Crippen LogP contribution in [0.2, 0.25) is 0 Å². The van der Waals surface area contributed by atoms with Gasteiger partial charge in [-0.15, -0.1) is 0 Å². The molecule has 0 saturated carbocycles. The molecule has 1 aromatic carbocycles. The van der Waals surface area contributed by atoms with Gasteiger partial charge in [0.1, 0.15) is 5.60 Å². The van der Waals surface area contributed by atoms with Crippen LogP contribution in [-0.4, -0.2) is 53.1 Å². The van der Waals surface area contributed by atoms with Crippen LogP contribution in [0.3, 0.4) is 0 Å². The molecule has 0 spiro atoms. The zero-order valence-corrected chi connectivity index (χ0v) is 15.6. The molecule has 6 heteroatoms. The minimum absolute atomic E-state index is 0.00631. The van der Waals surface area contributed by atoms with E-state index in [1.807, 2.05) is 39.8 Å². The number of carbonyl (C=O) groups is 2. The Balaban J connectivity index is 1.99. The van der Waals surface area contributed by atoms with Gasteiger partial charge in [0.05, 0.1) is 0 Å². The Morgan fingerprint density at radius 1 is 1.17 bits per heavy atom. The summed E-state index contributed by atoms with van der Waals surface area (Å²) in [5.41, 5.74) is 0.146. The highest BCUT2D eigenvalue weighted by atomic mass is 79.9. The molecule has 1 aliphatic heterocycles. The van der Waals surface area contributed by atoms with Crippen molar-refractivity contribution in [3.05, 3.63) is 34.3 Å². The van der Waals surface area contributed by atoms with Crippen LogP contribution in [0.1, 0.15) is 38.1 Å². The van der Waals surface area contributed by atoms with Crippen LogP contribution in [0.4, 0.5) is 4.79 Å². The molecule has 0 bridgehead atoms. The van der Waals surface area contributed by atoms with Crippen molar-refractivity contribution in [3.63, 3.8) is 0 Å². The molecule has 0 radical (unpaired) electrons. The number of benzene rings is 1. The van der Waals surface area contributed by atoms with Crippen LogP contribution in [0.15, 0.2) is 28.7 Å². The normalized spacial score (nSPS) is 18.7. The predicted octanol–water partition coefficient (Wildman–Crippen LogP) is 3.53. The maximum atomic E-state index is 12.5. The van der Waals surface area contributed by atoms with Crippen molar-refractivity contribution in [2.75, 3.05) is 19.6 Å². The summed E-state index contributed by atoms with van der Waals surface area (Å²) in [6.07, 6.45) is -0.319. The van der Waals surface area contributed by atoms with E-state index in [0.29, 0.717) is 25.2 Å². The molecule has 1 aliphatic rings. The van der Waals surface area contributed by atoms with Crippen molar-refractivity contribution < 1.29 is 14.3 Å². The minimum atomic E-state index is -0.513. The number of hydrogen-bond acceptors (Lipinski definition) is 3. The fraction of sp³-hybridized carbons (Fsp3) is 0.529. The Bertz CT molecular complexity index is 580. The number of nitrogens with zero attached hydrogens (tertiary/aromatic N) is 2. The van der Waals surface area contributed by atoms with Crippen LogP contribution < -0.4 is 0 Å². The Morgan fingerprint density at radius 2 is 1.78 bits per heavy atom. The summed E-state index contributed by atoms with van der Waals surface area (Å²) in [4.78, 5) is 28.2. The molecule has 126 valence electrons. The van der Waals surface area contributed by atoms with Crippen LogP contribution in [-0.2, 0) is 4.74 Å². The number of carbonyl (C=O) groups excluding carboxylic acids is 2. The molecule has 0 aliphatic carbocycles. The summed E-state index contributed by atoms with van der Waals surface area (Å²) in [6, 6.07) is 7.24. The summed E-state index contributed by atoms with van der Waals surface area (Å²) in [5, 5.41) is 0. The van der Waals surface area contributed by atoms with Crippen molar-refractivity contribution in [3.8, 4) is 0 Å². The molecule has 1 fully saturated rings. The van der Waals surface area contributed by atoms with E-state index in [9.17, 15) is 9.59 Å². The zero-order chi connectivity index (χ0) is 17.2. The number of piperazine rings is 1. The van der Waals surface area contributed by atoms with Gasteiger partial charge in [-0.3, -0.25) is 4.79 Å². The number of amides is 2. The molecule has 1 aromatic rings. The topological polar surface area (TPSA) is 49.9 Å². The molecule has 2 amide bonds. The van der Waals surface area contributed by atoms with Gasteiger partial charge >= 0.3 is 6.09 Å². The molecule has 1 saturated heterocycles. The van der Waals surface area contributed by atoms with Gasteiger partial charge < -0.3 is 14.5 Å². The van der Waals surface area contributed by atoms with Gasteiger partial charge in [0, 0.05) is 35.7 Å². The zero-order valence-electron chi connectivity index (χ0n) is 14.0. The first-order valence-corrected chi connectivity index (χ1v) is 8.51. The molecule has 0 aromatic heterocycles. The van der Waals surface area contributed by atoms with Crippen molar-refractivity contribution in [1.82, 2.24) is 9.80 Å². The Kier molecular flexibility index (Phi) is 5.34. The monoisotopic (exact) mass is 382 g/mol. The summed E-state index contributed by atoms with van der Waals surface area (Å²) in [6.45, 7) is 8.99. The van der Waals surface area contributed by atoms with E-state index in [-0.39, 0.29) is 18.0 Å². The highest BCUT2D eigenvalue weighted by Gasteiger charge is 2.32. The minimum Gasteiger partial charge on any atom is -0.444 e. The van der Waals surface area contributed by atoms with E-state index in [1.165, 1.54) is 0 Å². The Labute approximate surface area is 145 Å². The average Bonchev–Trinajstić information content (AvgIpc) is 2.45. The molecule has 1 atom stereocenters. The number of ether oxygens (including phenoxy) is 1. The second-order valence-corrected chi connectivity index (χ2v) is 7.70. The molecular formula is C17H23BrN2O3. The van der Waals surface area contributed by atoms with E-state index in [2.05, 4.69) is 15.9 Å². The lowest BCUT2D eigenvalue weighted by atomic mass is 10.1. The smallest absolute Gasteiger partial charge is 0.410 e. The molecule has 23 heavy (non-hydrogen) atoms. The number of halogens is 1. The van der Waals surface area contributed by atoms with Gasteiger partial charge in [0.15, 0.2) is 0 Å². The average molecular weight is 383 g/mol. The van der Waals surface area contributed by atoms with E-state index in [0.717, 1.165) is 4.47 Å². The summed E-state index contributed by atoms with van der Waals surface area (Å²) in [5.74, 6) is -0.00631. The third-order valence-electron chi connectivity index (χ3n) is 3.63. The first kappa shape index (κ1) is 17.8. The van der Waals surface area contributed by atoms with Gasteiger partial charge in [-0.05, 0) is 52.0 Å². The molecule has 1 heterocycles. The van der Waals surface area contributed by atoms with Gasteiger partial charge in [-0.1, -0.05) is 15.9 Å². The third-order valence-corrected chi connectivity index (χ3v) is 4.16. The molecule has 2 rings (SSSR count). The van der Waals surface area contributed by atoms with Crippen molar-refractivity contribution in [2.45, 2.75) is 39.3 Å². The third kappa shape index (κ3) is 4.70. The van der Waals surface area contributed by atoms with Crippen LogP contribution in [0.25, 0.3) is 0 Å². The van der Waals surface area contributed by atoms with Crippen molar-refractivity contribution in [2.24, 2.45) is 0 Å². The molecule has 5 nitrogen and oxygen atoms in total. The number of hydrogen-bond donors (Lipinski definition) is 0. The second kappa shape index (κ2) is 6.91. The first-order chi connectivity index (χ1) is 10.7. The Morgan fingerprint density at radius 3 is 2.30 bits per heavy atom. The van der Waals surface area contributed by atoms with Crippen LogP contribution in [0.5, 0.6) is 0 Å². The molecule has 0 unspecified atom stereocenters. The predicted molar refractivity (Wildman–Crippen MR) is 92.4 cm³/mol. The number of rotatable bonds is 1. The quantitative estimate of drug-likeness (QED) is 0.746. The van der Waals surface area contributed by atoms with E-state index < -0.39 is 5.60 Å². The van der Waals surface area contributed by atoms with Crippen LogP contribution in [0, 0.1) is 0 Å². The van der Waals surface area contributed by atoms with Gasteiger partial charge in [0.2, 0.25) is 0 Å². The highest BCUT2D eigenvalue weighted by molar-refractivity contribution is 9.10. The molecule has 0 N–H and O–H groups in total. The summed E-state index contributed by atoms with van der Waals surface area (Å²) >= 11 is 3.36. The lowest BCUT2D eigenvalue weighted by Crippen LogP contribution is -2.56. The van der Waals surface area contributed by atoms with Crippen molar-refractivity contribution in [1.29, 1.82) is 0 Å².